The summed E-state index contributed by atoms with van der Waals surface area (Å²) >= 11 is 1.32. The number of nitrogens with zero attached hydrogens (tertiary/aromatic N) is 2. The Morgan fingerprint density at radius 2 is 2.35 bits per heavy atom. The second-order valence-electron chi connectivity index (χ2n) is 4.93. The Hall–Kier alpha value is -1.92. The number of hydrogen-bond acceptors (Lipinski definition) is 5. The molecule has 104 valence electrons. The topological polar surface area (TPSA) is 71.2 Å². The van der Waals surface area contributed by atoms with Crippen LogP contribution in [0.2, 0.25) is 0 Å². The van der Waals surface area contributed by atoms with Gasteiger partial charge in [-0.2, -0.15) is 0 Å². The molecule has 1 aromatic heterocycles. The molecule has 0 spiro atoms. The monoisotopic (exact) mass is 288 g/mol. The summed E-state index contributed by atoms with van der Waals surface area (Å²) in [6.45, 7) is 2.92. The van der Waals surface area contributed by atoms with Gasteiger partial charge in [-0.1, -0.05) is 18.2 Å². The van der Waals surface area contributed by atoms with Crippen LogP contribution < -0.4 is 16.2 Å². The summed E-state index contributed by atoms with van der Waals surface area (Å²) < 4.78 is 0. The Bertz CT molecular complexity index is 640. The zero-order valence-electron chi connectivity index (χ0n) is 11.2. The first-order valence-electron chi connectivity index (χ1n) is 6.49. The van der Waals surface area contributed by atoms with Crippen LogP contribution in [-0.2, 0) is 13.0 Å². The van der Waals surface area contributed by atoms with Gasteiger partial charge < -0.3 is 4.90 Å². The van der Waals surface area contributed by atoms with Crippen molar-refractivity contribution in [2.75, 3.05) is 4.90 Å². The number of para-hydroxylation sites is 1. The normalized spacial score (nSPS) is 17.1. The van der Waals surface area contributed by atoms with Gasteiger partial charge in [-0.3, -0.25) is 10.2 Å². The van der Waals surface area contributed by atoms with E-state index in [4.69, 9.17) is 5.84 Å². The lowest BCUT2D eigenvalue weighted by Crippen LogP contribution is -2.30. The molecular formula is C14H16N4OS. The number of rotatable bonds is 3. The third-order valence-corrected chi connectivity index (χ3v) is 4.45. The summed E-state index contributed by atoms with van der Waals surface area (Å²) in [7, 11) is 0. The third-order valence-electron chi connectivity index (χ3n) is 3.56. The SMILES string of the molecule is CC1Cc2ccccc2N1Cc1csc(C(=O)NN)n1. The van der Waals surface area contributed by atoms with E-state index < -0.39 is 0 Å². The van der Waals surface area contributed by atoms with E-state index in [1.807, 2.05) is 5.38 Å². The summed E-state index contributed by atoms with van der Waals surface area (Å²) in [6.07, 6.45) is 1.05. The molecule has 2 aromatic rings. The number of carbonyl (C=O) groups is 1. The van der Waals surface area contributed by atoms with Crippen molar-refractivity contribution in [2.24, 2.45) is 5.84 Å². The average Bonchev–Trinajstić information content (AvgIpc) is 3.04. The highest BCUT2D eigenvalue weighted by atomic mass is 32.1. The first-order chi connectivity index (χ1) is 9.69. The molecule has 6 heteroatoms. The zero-order chi connectivity index (χ0) is 14.1. The van der Waals surface area contributed by atoms with Gasteiger partial charge in [0.1, 0.15) is 0 Å². The lowest BCUT2D eigenvalue weighted by molar-refractivity contribution is 0.0953. The van der Waals surface area contributed by atoms with Crippen LogP contribution in [-0.4, -0.2) is 16.9 Å². The Morgan fingerprint density at radius 1 is 1.55 bits per heavy atom. The number of nitrogens with two attached hydrogens (primary N) is 1. The minimum absolute atomic E-state index is 0.337. The smallest absolute Gasteiger partial charge is 0.294 e. The molecular weight excluding hydrogens is 272 g/mol. The van der Waals surface area contributed by atoms with Crippen molar-refractivity contribution in [3.63, 3.8) is 0 Å². The number of hydrazine groups is 1. The van der Waals surface area contributed by atoms with Crippen LogP contribution in [0, 0.1) is 0 Å². The standard InChI is InChI=1S/C14H16N4OS/c1-9-6-10-4-2-3-5-12(10)18(9)7-11-8-20-14(16-11)13(19)17-15/h2-5,8-9H,6-7,15H2,1H3,(H,17,19). The summed E-state index contributed by atoms with van der Waals surface area (Å²) in [5.74, 6) is 4.78. The molecule has 1 amide bonds. The van der Waals surface area contributed by atoms with Crippen LogP contribution in [0.5, 0.6) is 0 Å². The molecule has 20 heavy (non-hydrogen) atoms. The number of hydrogen-bond donors (Lipinski definition) is 2. The van der Waals surface area contributed by atoms with Crippen LogP contribution in [0.4, 0.5) is 5.69 Å². The minimum atomic E-state index is -0.337. The molecule has 3 N–H and O–H groups in total. The maximum Gasteiger partial charge on any atom is 0.294 e. The fourth-order valence-electron chi connectivity index (χ4n) is 2.59. The maximum absolute atomic E-state index is 11.4. The maximum atomic E-state index is 11.4. The number of thiazole rings is 1. The molecule has 2 heterocycles. The lowest BCUT2D eigenvalue weighted by atomic mass is 10.1. The molecule has 5 nitrogen and oxygen atoms in total. The molecule has 0 bridgehead atoms. The molecule has 1 atom stereocenters. The zero-order valence-corrected chi connectivity index (χ0v) is 12.0. The van der Waals surface area contributed by atoms with Gasteiger partial charge in [-0.05, 0) is 25.0 Å². The Balaban J connectivity index is 1.81. The van der Waals surface area contributed by atoms with Crippen LogP contribution >= 0.6 is 11.3 Å². The van der Waals surface area contributed by atoms with E-state index in [0.717, 1.165) is 12.1 Å². The second kappa shape index (κ2) is 5.22. The molecule has 0 fully saturated rings. The van der Waals surface area contributed by atoms with E-state index in [-0.39, 0.29) is 5.91 Å². The van der Waals surface area contributed by atoms with Crippen molar-refractivity contribution in [1.29, 1.82) is 0 Å². The summed E-state index contributed by atoms with van der Waals surface area (Å²) in [5, 5.41) is 2.32. The Kier molecular flexibility index (Phi) is 3.42. The summed E-state index contributed by atoms with van der Waals surface area (Å²) in [5.41, 5.74) is 5.64. The molecule has 1 aromatic carbocycles. The van der Waals surface area contributed by atoms with E-state index in [1.54, 1.807) is 0 Å². The molecule has 3 rings (SSSR count). The van der Waals surface area contributed by atoms with Crippen molar-refractivity contribution in [3.05, 3.63) is 45.9 Å². The molecule has 0 aliphatic carbocycles. The van der Waals surface area contributed by atoms with Crippen molar-refractivity contribution < 1.29 is 4.79 Å². The molecule has 1 aliphatic rings. The number of nitrogen functional groups attached to an aromatic ring is 1. The van der Waals surface area contributed by atoms with Gasteiger partial charge in [0.25, 0.3) is 5.91 Å². The van der Waals surface area contributed by atoms with Gasteiger partial charge in [0, 0.05) is 17.1 Å². The van der Waals surface area contributed by atoms with E-state index in [9.17, 15) is 4.79 Å². The summed E-state index contributed by atoms with van der Waals surface area (Å²) in [6, 6.07) is 8.87. The van der Waals surface area contributed by atoms with Crippen LogP contribution in [0.3, 0.4) is 0 Å². The van der Waals surface area contributed by atoms with Gasteiger partial charge in [-0.15, -0.1) is 11.3 Å². The fraction of sp³-hybridized carbons (Fsp3) is 0.286. The van der Waals surface area contributed by atoms with Gasteiger partial charge in [0.15, 0.2) is 5.01 Å². The first-order valence-corrected chi connectivity index (χ1v) is 7.37. The van der Waals surface area contributed by atoms with Crippen LogP contribution in [0.15, 0.2) is 29.6 Å². The van der Waals surface area contributed by atoms with Crippen molar-refractivity contribution >= 4 is 22.9 Å². The number of carbonyl (C=O) groups excluding carboxylic acids is 1. The number of benzene rings is 1. The highest BCUT2D eigenvalue weighted by molar-refractivity contribution is 7.11. The number of amides is 1. The second-order valence-corrected chi connectivity index (χ2v) is 5.79. The number of anilines is 1. The van der Waals surface area contributed by atoms with Crippen molar-refractivity contribution in [2.45, 2.75) is 25.9 Å². The van der Waals surface area contributed by atoms with E-state index in [1.165, 1.54) is 22.6 Å². The van der Waals surface area contributed by atoms with E-state index in [0.29, 0.717) is 17.6 Å². The quantitative estimate of drug-likeness (QED) is 0.512. The highest BCUT2D eigenvalue weighted by Gasteiger charge is 2.26. The molecule has 1 unspecified atom stereocenters. The highest BCUT2D eigenvalue weighted by Crippen LogP contribution is 2.33. The van der Waals surface area contributed by atoms with Crippen molar-refractivity contribution in [1.82, 2.24) is 10.4 Å². The minimum Gasteiger partial charge on any atom is -0.362 e. The third kappa shape index (κ3) is 2.28. The van der Waals surface area contributed by atoms with Crippen LogP contribution in [0.1, 0.15) is 28.0 Å². The largest absolute Gasteiger partial charge is 0.362 e. The van der Waals surface area contributed by atoms with Gasteiger partial charge >= 0.3 is 0 Å². The average molecular weight is 288 g/mol. The first kappa shape index (κ1) is 13.1. The fourth-order valence-corrected chi connectivity index (χ4v) is 3.30. The predicted octanol–water partition coefficient (Wildman–Crippen LogP) is 1.70. The molecule has 0 radical (unpaired) electrons. The lowest BCUT2D eigenvalue weighted by Gasteiger charge is -2.23. The van der Waals surface area contributed by atoms with Gasteiger partial charge in [0.2, 0.25) is 0 Å². The Morgan fingerprint density at radius 3 is 3.15 bits per heavy atom. The van der Waals surface area contributed by atoms with E-state index in [2.05, 4.69) is 46.5 Å². The predicted molar refractivity (Wildman–Crippen MR) is 79.6 cm³/mol. The van der Waals surface area contributed by atoms with Crippen molar-refractivity contribution in [3.8, 4) is 0 Å². The Labute approximate surface area is 121 Å². The van der Waals surface area contributed by atoms with Crippen LogP contribution in [0.25, 0.3) is 0 Å². The van der Waals surface area contributed by atoms with Gasteiger partial charge in [-0.25, -0.2) is 10.8 Å². The van der Waals surface area contributed by atoms with E-state index >= 15 is 0 Å². The van der Waals surface area contributed by atoms with Gasteiger partial charge in [0.05, 0.1) is 12.2 Å². The molecule has 0 saturated carbocycles. The number of fused-ring (bicyclic) bond motifs is 1. The summed E-state index contributed by atoms with van der Waals surface area (Å²) in [4.78, 5) is 18.1. The number of aromatic nitrogens is 1. The number of nitrogens with one attached hydrogen (secondary N) is 1. The molecule has 1 aliphatic heterocycles. The molecule has 0 saturated heterocycles.